The van der Waals surface area contributed by atoms with E-state index in [9.17, 15) is 25.1 Å². The number of carbonyl (C=O) groups excluding carboxylic acids is 3. The Morgan fingerprint density at radius 2 is 1.83 bits per heavy atom. The summed E-state index contributed by atoms with van der Waals surface area (Å²) >= 11 is 1.35. The molecule has 11 rings (SSSR count). The number of aromatic nitrogens is 1. The maximum Gasteiger partial charge on any atom is 0.337 e. The smallest absolute Gasteiger partial charge is 0.337 e. The Kier molecular flexibility index (Phi) is 9.69. The zero-order valence-corrected chi connectivity index (χ0v) is 36.3. The molecule has 4 bridgehead atoms. The van der Waals surface area contributed by atoms with Crippen molar-refractivity contribution in [3.8, 4) is 46.3 Å². The summed E-state index contributed by atoms with van der Waals surface area (Å²) in [7, 11) is 4.88. The number of phenolic OH excluding ortho intramolecular Hbond substituents is 2. The quantitative estimate of drug-likeness (QED) is 0.207. The number of nitrogens with zero attached hydrogens (tertiary/aromatic N) is 5. The lowest BCUT2D eigenvalue weighted by Crippen LogP contribution is -2.69. The summed E-state index contributed by atoms with van der Waals surface area (Å²) in [5.74, 6) is -0.530. The molecule has 0 saturated carbocycles. The van der Waals surface area contributed by atoms with Crippen molar-refractivity contribution in [1.29, 1.82) is 5.26 Å². The summed E-state index contributed by atoms with van der Waals surface area (Å²) < 4.78 is 36.5. The zero-order valence-electron chi connectivity index (χ0n) is 35.5. The molecule has 63 heavy (non-hydrogen) atoms. The van der Waals surface area contributed by atoms with Gasteiger partial charge in [0.25, 0.3) is 5.91 Å². The van der Waals surface area contributed by atoms with E-state index in [0.717, 1.165) is 11.1 Å². The van der Waals surface area contributed by atoms with Crippen LogP contribution in [0.3, 0.4) is 0 Å². The predicted octanol–water partition coefficient (Wildman–Crippen LogP) is 4.93. The zero-order chi connectivity index (χ0) is 44.2. The predicted molar refractivity (Wildman–Crippen MR) is 225 cm³/mol. The molecule has 326 valence electrons. The number of carbonyl (C=O) groups is 3. The van der Waals surface area contributed by atoms with Gasteiger partial charge in [0.1, 0.15) is 18.4 Å². The van der Waals surface area contributed by atoms with Crippen molar-refractivity contribution in [3.63, 3.8) is 0 Å². The highest BCUT2D eigenvalue weighted by molar-refractivity contribution is 7.99. The van der Waals surface area contributed by atoms with Crippen LogP contribution in [0.25, 0.3) is 0 Å². The number of hydrogen-bond donors (Lipinski definition) is 2. The maximum atomic E-state index is 15.5. The van der Waals surface area contributed by atoms with Gasteiger partial charge in [-0.1, -0.05) is 6.07 Å². The third-order valence-corrected chi connectivity index (χ3v) is 15.3. The molecule has 3 aromatic carbocycles. The van der Waals surface area contributed by atoms with Gasteiger partial charge in [0.2, 0.25) is 6.79 Å². The highest BCUT2D eigenvalue weighted by Gasteiger charge is 2.63. The summed E-state index contributed by atoms with van der Waals surface area (Å²) in [6, 6.07) is 7.82. The van der Waals surface area contributed by atoms with E-state index in [4.69, 9.17) is 28.4 Å². The topological polar surface area (TPSA) is 193 Å². The van der Waals surface area contributed by atoms with Crippen molar-refractivity contribution >= 4 is 29.6 Å². The first kappa shape index (κ1) is 40.8. The van der Waals surface area contributed by atoms with Gasteiger partial charge in [-0.3, -0.25) is 24.4 Å². The molecule has 0 radical (unpaired) electrons. The molecule has 17 heteroatoms. The number of amides is 1. The highest BCUT2D eigenvalue weighted by atomic mass is 32.2. The first-order valence-corrected chi connectivity index (χ1v) is 21.7. The van der Waals surface area contributed by atoms with E-state index < -0.39 is 52.8 Å². The summed E-state index contributed by atoms with van der Waals surface area (Å²) in [5.41, 5.74) is 3.45. The fourth-order valence-electron chi connectivity index (χ4n) is 11.2. The summed E-state index contributed by atoms with van der Waals surface area (Å²) in [6.45, 7) is 4.64. The number of likely N-dealkylation sites (N-methyl/N-ethyl adjacent to an activating group) is 1. The lowest BCUT2D eigenvalue weighted by atomic mass is 9.71. The van der Waals surface area contributed by atoms with Crippen LogP contribution >= 0.6 is 11.8 Å². The van der Waals surface area contributed by atoms with Crippen LogP contribution in [0.5, 0.6) is 40.2 Å². The monoisotopic (exact) mass is 875 g/mol. The molecule has 1 spiro atoms. The van der Waals surface area contributed by atoms with Gasteiger partial charge in [0.05, 0.1) is 43.2 Å². The molecule has 7 aliphatic heterocycles. The van der Waals surface area contributed by atoms with Crippen molar-refractivity contribution < 1.29 is 53.0 Å². The molecular weight excluding hydrogens is 831 g/mol. The standard InChI is InChI=1S/C46H45N5O11S/c1-21-12-26-13-28-29(16-47)51-30-18-59-45(56)46(27-15-32(57-5)31(53)14-24(27)9-11-50(46)44(55)25-8-7-10-48-17-25)19-63-43(37(51)36(49(28)4)33(26)38(54)39(21)58-6)35-34(30)42-41(60-20-61-42)22(2)40(35)62-23(3)52/h7-8,10,12,14-15,17,28-30,36-37,43,53-54H,9,11,13,18-20H2,1-6H3/t28-,29-,30-,36+,37+,43+,46+/m0/s1. The Bertz CT molecular complexity index is 2670. The van der Waals surface area contributed by atoms with Gasteiger partial charge in [-0.05, 0) is 80.3 Å². The van der Waals surface area contributed by atoms with Crippen LogP contribution in [0, 0.1) is 25.2 Å². The third kappa shape index (κ3) is 5.73. The van der Waals surface area contributed by atoms with Crippen LogP contribution in [-0.2, 0) is 32.7 Å². The average molecular weight is 876 g/mol. The van der Waals surface area contributed by atoms with Crippen molar-refractivity contribution in [3.05, 3.63) is 92.8 Å². The van der Waals surface area contributed by atoms with Gasteiger partial charge < -0.3 is 43.5 Å². The number of piperazine rings is 1. The van der Waals surface area contributed by atoms with Crippen LogP contribution in [0.1, 0.15) is 79.1 Å². The molecule has 1 amide bonds. The van der Waals surface area contributed by atoms with E-state index in [2.05, 4.69) is 20.9 Å². The highest BCUT2D eigenvalue weighted by Crippen LogP contribution is 2.65. The Hall–Kier alpha value is -6.22. The van der Waals surface area contributed by atoms with Gasteiger partial charge in [-0.15, -0.1) is 11.8 Å². The molecule has 2 saturated heterocycles. The third-order valence-electron chi connectivity index (χ3n) is 13.8. The lowest BCUT2D eigenvalue weighted by Gasteiger charge is -2.62. The maximum absolute atomic E-state index is 15.5. The summed E-state index contributed by atoms with van der Waals surface area (Å²) in [5, 5.41) is 33.8. The van der Waals surface area contributed by atoms with E-state index >= 15 is 4.79 Å². The van der Waals surface area contributed by atoms with Gasteiger partial charge in [0.15, 0.2) is 40.0 Å². The van der Waals surface area contributed by atoms with Crippen LogP contribution < -0.4 is 23.7 Å². The first-order chi connectivity index (χ1) is 30.4. The average Bonchev–Trinajstić information content (AvgIpc) is 3.76. The van der Waals surface area contributed by atoms with E-state index in [1.165, 1.54) is 44.0 Å². The van der Waals surface area contributed by atoms with E-state index in [1.54, 1.807) is 37.4 Å². The molecule has 8 heterocycles. The van der Waals surface area contributed by atoms with Crippen LogP contribution in [-0.4, -0.2) is 113 Å². The number of aromatic hydroxyl groups is 2. The number of esters is 2. The minimum atomic E-state index is -1.81. The molecule has 4 aromatic rings. The number of aryl methyl sites for hydroxylation is 1. The van der Waals surface area contributed by atoms with Gasteiger partial charge in [-0.25, -0.2) is 4.79 Å². The minimum Gasteiger partial charge on any atom is -0.504 e. The van der Waals surface area contributed by atoms with Gasteiger partial charge in [0, 0.05) is 66.0 Å². The molecule has 2 fully saturated rings. The number of benzene rings is 3. The van der Waals surface area contributed by atoms with Crippen LogP contribution in [0.15, 0.2) is 42.7 Å². The fraction of sp³-hybridized carbons (Fsp3) is 0.413. The normalized spacial score (nSPS) is 26.7. The molecule has 2 N–H and O–H groups in total. The van der Waals surface area contributed by atoms with Crippen molar-refractivity contribution in [2.24, 2.45) is 0 Å². The van der Waals surface area contributed by atoms with E-state index in [-0.39, 0.29) is 60.3 Å². The Balaban J connectivity index is 1.27. The molecule has 1 aromatic heterocycles. The number of nitriles is 1. The van der Waals surface area contributed by atoms with Crippen LogP contribution in [0.4, 0.5) is 0 Å². The van der Waals surface area contributed by atoms with Gasteiger partial charge in [-0.2, -0.15) is 5.26 Å². The number of thioether (sulfide) groups is 1. The number of hydrogen-bond acceptors (Lipinski definition) is 16. The minimum absolute atomic E-state index is 0.0114. The number of rotatable bonds is 4. The second-order valence-corrected chi connectivity index (χ2v) is 17.9. The van der Waals surface area contributed by atoms with Crippen molar-refractivity contribution in [2.45, 2.75) is 74.6 Å². The number of ether oxygens (including phenoxy) is 6. The second-order valence-electron chi connectivity index (χ2n) is 16.8. The number of phenols is 2. The van der Waals surface area contributed by atoms with E-state index in [1.807, 2.05) is 20.0 Å². The Morgan fingerprint density at radius 1 is 1.03 bits per heavy atom. The summed E-state index contributed by atoms with van der Waals surface area (Å²) in [4.78, 5) is 53.6. The Morgan fingerprint density at radius 3 is 2.54 bits per heavy atom. The molecule has 0 aliphatic carbocycles. The molecular formula is C46H45N5O11S. The summed E-state index contributed by atoms with van der Waals surface area (Å²) in [6.07, 6.45) is 3.75. The fourth-order valence-corrected chi connectivity index (χ4v) is 12.9. The SMILES string of the molecule is COc1cc2c(cc1O)CCN(C(=O)c1cccnc1)[C@]21CS[C@@H]2c3c(OC(C)=O)c(C)c4c(c3[C@H](COC1=O)N1[C@@H]2[C@H]2c3c(cc(C)c(OC)c3O)C[C@@H]([C@@H]1C#N)N2C)OCO4. The number of fused-ring (bicyclic) bond motifs is 9. The second kappa shape index (κ2) is 15.0. The first-order valence-electron chi connectivity index (χ1n) is 20.7. The van der Waals surface area contributed by atoms with Crippen LogP contribution in [0.2, 0.25) is 0 Å². The molecule has 0 unspecified atom stereocenters. The molecule has 7 atom stereocenters. The van der Waals surface area contributed by atoms with E-state index in [0.29, 0.717) is 63.5 Å². The molecule has 16 nitrogen and oxygen atoms in total. The number of pyridine rings is 1. The molecule has 7 aliphatic rings. The van der Waals surface area contributed by atoms with Crippen molar-refractivity contribution in [1.82, 2.24) is 19.7 Å². The lowest BCUT2D eigenvalue weighted by molar-refractivity contribution is -0.162. The number of methoxy groups -OCH3 is 2. The Labute approximate surface area is 367 Å². The van der Waals surface area contributed by atoms with Crippen molar-refractivity contribution in [2.75, 3.05) is 47.0 Å². The largest absolute Gasteiger partial charge is 0.504 e. The van der Waals surface area contributed by atoms with Gasteiger partial charge >= 0.3 is 11.9 Å².